The molecule has 0 N–H and O–H groups in total. The van der Waals surface area contributed by atoms with E-state index in [1.165, 1.54) is 25.9 Å². The van der Waals surface area contributed by atoms with Gasteiger partial charge in [0.15, 0.2) is 0 Å². The minimum atomic E-state index is -0.107. The molecule has 0 spiro atoms. The van der Waals surface area contributed by atoms with Crippen LogP contribution < -0.4 is 0 Å². The predicted octanol–water partition coefficient (Wildman–Crippen LogP) is 4.40. The van der Waals surface area contributed by atoms with Crippen molar-refractivity contribution in [2.45, 2.75) is 43.6 Å². The van der Waals surface area contributed by atoms with Gasteiger partial charge in [-0.15, -0.1) is 11.6 Å². The normalized spacial score (nSPS) is 27.4. The summed E-state index contributed by atoms with van der Waals surface area (Å²) >= 11 is 12.9. The maximum absolute atomic E-state index is 6.48. The lowest BCUT2D eigenvalue weighted by Gasteiger charge is -2.24. The maximum Gasteiger partial charge on any atom is 0.128 e. The molecule has 5 heteroatoms. The lowest BCUT2D eigenvalue weighted by molar-refractivity contribution is 0.290. The molecule has 0 amide bonds. The summed E-state index contributed by atoms with van der Waals surface area (Å²) in [7, 11) is 0. The van der Waals surface area contributed by atoms with Crippen LogP contribution in [0.5, 0.6) is 0 Å². The molecular weight excluding hydrogens is 305 g/mol. The number of imidazole rings is 1. The van der Waals surface area contributed by atoms with Crippen molar-refractivity contribution in [1.82, 2.24) is 14.5 Å². The zero-order valence-electron chi connectivity index (χ0n) is 12.1. The minimum Gasteiger partial charge on any atom is -0.321 e. The number of hydrogen-bond acceptors (Lipinski definition) is 2. The van der Waals surface area contributed by atoms with E-state index in [1.807, 2.05) is 25.1 Å². The van der Waals surface area contributed by atoms with Crippen LogP contribution in [0.3, 0.4) is 0 Å². The molecule has 1 aromatic heterocycles. The second-order valence-electron chi connectivity index (χ2n) is 6.17. The van der Waals surface area contributed by atoms with E-state index in [9.17, 15) is 0 Å². The van der Waals surface area contributed by atoms with E-state index in [4.69, 9.17) is 28.2 Å². The van der Waals surface area contributed by atoms with Gasteiger partial charge in [0.2, 0.25) is 0 Å². The van der Waals surface area contributed by atoms with Crippen molar-refractivity contribution in [3.63, 3.8) is 0 Å². The molecule has 2 aliphatic heterocycles. The molecule has 3 nitrogen and oxygen atoms in total. The minimum absolute atomic E-state index is 0.107. The second-order valence-corrected chi connectivity index (χ2v) is 7.23. The van der Waals surface area contributed by atoms with Crippen LogP contribution in [0.25, 0.3) is 11.0 Å². The van der Waals surface area contributed by atoms with Gasteiger partial charge in [-0.3, -0.25) is 4.90 Å². The van der Waals surface area contributed by atoms with Crippen molar-refractivity contribution in [2.24, 2.45) is 0 Å². The molecule has 3 unspecified atom stereocenters. The van der Waals surface area contributed by atoms with Crippen LogP contribution in [-0.2, 0) is 0 Å². The molecule has 2 saturated heterocycles. The number of alkyl halides is 1. The number of rotatable bonds is 2. The Hall–Kier alpha value is -0.770. The summed E-state index contributed by atoms with van der Waals surface area (Å²) in [6, 6.07) is 7.01. The van der Waals surface area contributed by atoms with E-state index in [1.54, 1.807) is 0 Å². The first kappa shape index (κ1) is 13.9. The van der Waals surface area contributed by atoms with Crippen molar-refractivity contribution in [3.8, 4) is 0 Å². The van der Waals surface area contributed by atoms with Gasteiger partial charge in [0.25, 0.3) is 0 Å². The lowest BCUT2D eigenvalue weighted by atomic mass is 10.1. The zero-order chi connectivity index (χ0) is 14.6. The Labute approximate surface area is 134 Å². The first-order valence-corrected chi connectivity index (χ1v) is 8.52. The highest BCUT2D eigenvalue weighted by Gasteiger charge is 2.40. The predicted molar refractivity (Wildman–Crippen MR) is 87.3 cm³/mol. The second kappa shape index (κ2) is 5.15. The highest BCUT2D eigenvalue weighted by Crippen LogP contribution is 2.41. The summed E-state index contributed by atoms with van der Waals surface area (Å²) in [6.07, 6.45) is 3.73. The third-order valence-corrected chi connectivity index (χ3v) is 5.45. The molecule has 112 valence electrons. The molecule has 2 aromatic rings. The monoisotopic (exact) mass is 323 g/mol. The van der Waals surface area contributed by atoms with Crippen LogP contribution >= 0.6 is 23.2 Å². The Morgan fingerprint density at radius 3 is 2.90 bits per heavy atom. The van der Waals surface area contributed by atoms with Crippen LogP contribution in [0.15, 0.2) is 18.2 Å². The van der Waals surface area contributed by atoms with Crippen LogP contribution in [0.4, 0.5) is 0 Å². The summed E-state index contributed by atoms with van der Waals surface area (Å²) in [6.45, 7) is 4.40. The quantitative estimate of drug-likeness (QED) is 0.764. The Bertz CT molecular complexity index is 679. The average molecular weight is 324 g/mol. The fraction of sp³-hybridized carbons (Fsp3) is 0.562. The number of para-hydroxylation sites is 1. The molecule has 0 saturated carbocycles. The van der Waals surface area contributed by atoms with Gasteiger partial charge >= 0.3 is 0 Å². The summed E-state index contributed by atoms with van der Waals surface area (Å²) in [5, 5.41) is 0.670. The standard InChI is InChI=1S/C16H19Cl2N3/c1-10(17)16-19-12-5-2-4-11(18)15(12)21(16)14-7-9-20-8-3-6-13(14)20/h2,4-5,10,13-14H,3,6-9H2,1H3. The summed E-state index contributed by atoms with van der Waals surface area (Å²) < 4.78 is 2.34. The van der Waals surface area contributed by atoms with Crippen molar-refractivity contribution in [1.29, 1.82) is 0 Å². The first-order valence-electron chi connectivity index (χ1n) is 7.71. The average Bonchev–Trinajstić information content (AvgIpc) is 3.10. The SMILES string of the molecule is CC(Cl)c1nc2cccc(Cl)c2n1C1CCN2CCCC12. The van der Waals surface area contributed by atoms with Gasteiger partial charge in [-0.05, 0) is 44.9 Å². The van der Waals surface area contributed by atoms with E-state index in [-0.39, 0.29) is 5.38 Å². The van der Waals surface area contributed by atoms with Crippen molar-refractivity contribution >= 4 is 34.2 Å². The van der Waals surface area contributed by atoms with Gasteiger partial charge < -0.3 is 4.57 Å². The highest BCUT2D eigenvalue weighted by molar-refractivity contribution is 6.35. The van der Waals surface area contributed by atoms with Gasteiger partial charge in [0, 0.05) is 12.6 Å². The van der Waals surface area contributed by atoms with E-state index >= 15 is 0 Å². The Kier molecular flexibility index (Phi) is 3.40. The molecule has 2 aliphatic rings. The summed E-state index contributed by atoms with van der Waals surface area (Å²) in [4.78, 5) is 7.37. The Morgan fingerprint density at radius 2 is 2.10 bits per heavy atom. The van der Waals surface area contributed by atoms with Gasteiger partial charge in [-0.1, -0.05) is 17.7 Å². The molecule has 1 aromatic carbocycles. The molecular formula is C16H19Cl2N3. The smallest absolute Gasteiger partial charge is 0.128 e. The van der Waals surface area contributed by atoms with E-state index in [2.05, 4.69) is 9.47 Å². The van der Waals surface area contributed by atoms with Crippen molar-refractivity contribution in [3.05, 3.63) is 29.0 Å². The largest absolute Gasteiger partial charge is 0.321 e. The van der Waals surface area contributed by atoms with Gasteiger partial charge in [-0.25, -0.2) is 4.98 Å². The number of benzene rings is 1. The van der Waals surface area contributed by atoms with Crippen LogP contribution in [0, 0.1) is 0 Å². The van der Waals surface area contributed by atoms with Crippen LogP contribution in [0.1, 0.15) is 43.4 Å². The molecule has 3 atom stereocenters. The van der Waals surface area contributed by atoms with E-state index in [0.717, 1.165) is 28.3 Å². The molecule has 4 rings (SSSR count). The molecule has 21 heavy (non-hydrogen) atoms. The van der Waals surface area contributed by atoms with Crippen LogP contribution in [0.2, 0.25) is 5.02 Å². The number of halogens is 2. The Balaban J connectivity index is 1.92. The van der Waals surface area contributed by atoms with Gasteiger partial charge in [0.1, 0.15) is 5.82 Å². The third-order valence-electron chi connectivity index (χ3n) is 4.95. The highest BCUT2D eigenvalue weighted by atomic mass is 35.5. The van der Waals surface area contributed by atoms with E-state index < -0.39 is 0 Å². The zero-order valence-corrected chi connectivity index (χ0v) is 13.6. The van der Waals surface area contributed by atoms with Crippen molar-refractivity contribution in [2.75, 3.05) is 13.1 Å². The topological polar surface area (TPSA) is 21.1 Å². The maximum atomic E-state index is 6.48. The van der Waals surface area contributed by atoms with Crippen molar-refractivity contribution < 1.29 is 0 Å². The Morgan fingerprint density at radius 1 is 1.24 bits per heavy atom. The first-order chi connectivity index (χ1) is 10.2. The summed E-state index contributed by atoms with van der Waals surface area (Å²) in [5.74, 6) is 0.957. The number of fused-ring (bicyclic) bond motifs is 2. The molecule has 3 heterocycles. The fourth-order valence-corrected chi connectivity index (χ4v) is 4.51. The lowest BCUT2D eigenvalue weighted by Crippen LogP contribution is -2.28. The van der Waals surface area contributed by atoms with Crippen LogP contribution in [-0.4, -0.2) is 33.6 Å². The number of aromatic nitrogens is 2. The fourth-order valence-electron chi connectivity index (χ4n) is 4.10. The number of nitrogens with zero attached hydrogens (tertiary/aromatic N) is 3. The molecule has 0 bridgehead atoms. The molecule has 0 aliphatic carbocycles. The van der Waals surface area contributed by atoms with Gasteiger partial charge in [0.05, 0.1) is 27.5 Å². The third kappa shape index (κ3) is 2.09. The van der Waals surface area contributed by atoms with E-state index in [0.29, 0.717) is 12.1 Å². The molecule has 2 fully saturated rings. The molecule has 0 radical (unpaired) electrons. The van der Waals surface area contributed by atoms with Gasteiger partial charge in [-0.2, -0.15) is 0 Å². The number of hydrogen-bond donors (Lipinski definition) is 0. The summed E-state index contributed by atoms with van der Waals surface area (Å²) in [5.41, 5.74) is 2.02.